The predicted molar refractivity (Wildman–Crippen MR) is 122 cm³/mol. The molecule has 0 aliphatic rings. The smallest absolute Gasteiger partial charge is 0.229 e. The molecule has 152 valence electrons. The molecule has 0 bridgehead atoms. The number of aromatic amines is 1. The average Bonchev–Trinajstić information content (AvgIpc) is 3.21. The van der Waals surface area contributed by atoms with E-state index in [0.29, 0.717) is 22.7 Å². The Hall–Kier alpha value is -3.32. The van der Waals surface area contributed by atoms with Crippen LogP contribution in [-0.4, -0.2) is 21.6 Å². The fraction of sp³-hybridized carbons (Fsp3) is 0.130. The van der Waals surface area contributed by atoms with E-state index in [-0.39, 0.29) is 18.1 Å². The van der Waals surface area contributed by atoms with Crippen LogP contribution in [0.5, 0.6) is 0 Å². The zero-order chi connectivity index (χ0) is 20.9. The maximum atomic E-state index is 14.6. The van der Waals surface area contributed by atoms with Crippen LogP contribution in [0.15, 0.2) is 66.9 Å². The van der Waals surface area contributed by atoms with Crippen LogP contribution in [0.3, 0.4) is 0 Å². The zero-order valence-corrected chi connectivity index (χ0v) is 17.2. The van der Waals surface area contributed by atoms with Crippen molar-refractivity contribution in [2.45, 2.75) is 13.3 Å². The van der Waals surface area contributed by atoms with Gasteiger partial charge in [-0.3, -0.25) is 4.79 Å². The molecule has 7 heteroatoms. The van der Waals surface area contributed by atoms with Crippen molar-refractivity contribution in [2.75, 3.05) is 15.8 Å². The molecule has 2 aromatic heterocycles. The summed E-state index contributed by atoms with van der Waals surface area (Å²) < 4.78 is 17.6. The van der Waals surface area contributed by atoms with Gasteiger partial charge in [0.2, 0.25) is 5.91 Å². The first-order chi connectivity index (χ1) is 14.6. The van der Waals surface area contributed by atoms with Gasteiger partial charge in [0.05, 0.1) is 12.1 Å². The van der Waals surface area contributed by atoms with Crippen LogP contribution in [-0.2, 0) is 11.2 Å². The molecule has 0 unspecified atom stereocenters. The Balaban J connectivity index is 1.63. The van der Waals surface area contributed by atoms with Crippen LogP contribution in [0.4, 0.5) is 15.9 Å². The van der Waals surface area contributed by atoms with E-state index in [9.17, 15) is 9.18 Å². The first-order valence-electron chi connectivity index (χ1n) is 9.63. The molecule has 2 heterocycles. The number of hydrogen-bond donors (Lipinski definition) is 3. The normalized spacial score (nSPS) is 10.9. The largest absolute Gasteiger partial charge is 0.346 e. The van der Waals surface area contributed by atoms with E-state index in [1.54, 1.807) is 18.3 Å². The quantitative estimate of drug-likeness (QED) is 0.339. The van der Waals surface area contributed by atoms with Crippen molar-refractivity contribution in [2.24, 2.45) is 0 Å². The molecule has 4 rings (SSSR count). The number of anilines is 2. The molecule has 0 saturated heterocycles. The van der Waals surface area contributed by atoms with Gasteiger partial charge in [0.25, 0.3) is 0 Å². The number of carbonyl (C=O) groups is 1. The van der Waals surface area contributed by atoms with Crippen LogP contribution in [0.25, 0.3) is 22.2 Å². The lowest BCUT2D eigenvalue weighted by molar-refractivity contribution is -0.115. The van der Waals surface area contributed by atoms with Gasteiger partial charge in [-0.05, 0) is 41.0 Å². The summed E-state index contributed by atoms with van der Waals surface area (Å²) >= 11 is 1.44. The number of nitrogens with one attached hydrogen (secondary N) is 3. The van der Waals surface area contributed by atoms with Gasteiger partial charge >= 0.3 is 0 Å². The number of fused-ring (bicyclic) bond motifs is 1. The lowest BCUT2D eigenvalue weighted by atomic mass is 10.0. The first kappa shape index (κ1) is 20.0. The number of amides is 1. The number of halogens is 1. The highest BCUT2D eigenvalue weighted by atomic mass is 32.2. The topological polar surface area (TPSA) is 69.8 Å². The number of pyridine rings is 1. The monoisotopic (exact) mass is 420 g/mol. The van der Waals surface area contributed by atoms with Crippen molar-refractivity contribution in [3.8, 4) is 11.1 Å². The highest BCUT2D eigenvalue weighted by Gasteiger charge is 2.13. The molecule has 0 saturated carbocycles. The Labute approximate surface area is 178 Å². The van der Waals surface area contributed by atoms with Crippen molar-refractivity contribution in [1.29, 1.82) is 0 Å². The molecule has 0 aliphatic carbocycles. The molecule has 0 spiro atoms. The van der Waals surface area contributed by atoms with Crippen LogP contribution in [0.1, 0.15) is 12.5 Å². The van der Waals surface area contributed by atoms with Gasteiger partial charge in [-0.2, -0.15) is 0 Å². The van der Waals surface area contributed by atoms with Gasteiger partial charge in [0, 0.05) is 17.3 Å². The zero-order valence-electron chi connectivity index (χ0n) is 16.4. The minimum atomic E-state index is -0.330. The summed E-state index contributed by atoms with van der Waals surface area (Å²) in [6, 6.07) is 18.3. The van der Waals surface area contributed by atoms with Gasteiger partial charge < -0.3 is 15.0 Å². The van der Waals surface area contributed by atoms with Crippen LogP contribution in [0, 0.1) is 5.82 Å². The molecular formula is C23H21FN4OS. The van der Waals surface area contributed by atoms with Gasteiger partial charge in [0.1, 0.15) is 17.3 Å². The minimum Gasteiger partial charge on any atom is -0.346 e. The Morgan fingerprint density at radius 2 is 1.97 bits per heavy atom. The third-order valence-electron chi connectivity index (χ3n) is 4.61. The highest BCUT2D eigenvalue weighted by molar-refractivity contribution is 8.00. The molecule has 0 radical (unpaired) electrons. The third kappa shape index (κ3) is 4.46. The summed E-state index contributed by atoms with van der Waals surface area (Å²) in [5, 5.41) is 3.72. The third-order valence-corrected chi connectivity index (χ3v) is 5.26. The van der Waals surface area contributed by atoms with E-state index in [1.807, 2.05) is 49.4 Å². The fourth-order valence-corrected chi connectivity index (χ4v) is 3.69. The van der Waals surface area contributed by atoms with E-state index < -0.39 is 0 Å². The lowest BCUT2D eigenvalue weighted by Crippen LogP contribution is -2.15. The molecular weight excluding hydrogens is 399 g/mol. The average molecular weight is 421 g/mol. The SMILES string of the molecule is CCSNc1ccc(-c2cc(NC(=O)Cc3ccccc3)nc3[nH]ccc23)cc1F. The predicted octanol–water partition coefficient (Wildman–Crippen LogP) is 5.63. The van der Waals surface area contributed by atoms with Crippen molar-refractivity contribution in [1.82, 2.24) is 9.97 Å². The first-order valence-corrected chi connectivity index (χ1v) is 10.6. The van der Waals surface area contributed by atoms with Crippen molar-refractivity contribution < 1.29 is 9.18 Å². The number of nitrogens with zero attached hydrogens (tertiary/aromatic N) is 1. The molecule has 0 aliphatic heterocycles. The molecule has 2 aromatic carbocycles. The Morgan fingerprint density at radius 1 is 1.13 bits per heavy atom. The maximum absolute atomic E-state index is 14.6. The second-order valence-electron chi connectivity index (χ2n) is 6.74. The molecule has 3 N–H and O–H groups in total. The Kier molecular flexibility index (Phi) is 5.99. The van der Waals surface area contributed by atoms with Crippen LogP contribution < -0.4 is 10.0 Å². The van der Waals surface area contributed by atoms with Gasteiger partial charge in [-0.15, -0.1) is 0 Å². The Bertz CT molecular complexity index is 1180. The van der Waals surface area contributed by atoms with Crippen LogP contribution >= 0.6 is 11.9 Å². The molecule has 0 fully saturated rings. The molecule has 30 heavy (non-hydrogen) atoms. The van der Waals surface area contributed by atoms with Crippen molar-refractivity contribution in [3.63, 3.8) is 0 Å². The van der Waals surface area contributed by atoms with E-state index in [1.165, 1.54) is 18.0 Å². The second kappa shape index (κ2) is 9.00. The number of H-pyrrole nitrogens is 1. The number of hydrogen-bond acceptors (Lipinski definition) is 4. The summed E-state index contributed by atoms with van der Waals surface area (Å²) in [7, 11) is 0. The van der Waals surface area contributed by atoms with Crippen LogP contribution in [0.2, 0.25) is 0 Å². The van der Waals surface area contributed by atoms with Gasteiger partial charge in [0.15, 0.2) is 0 Å². The Morgan fingerprint density at radius 3 is 2.73 bits per heavy atom. The highest BCUT2D eigenvalue weighted by Crippen LogP contribution is 2.32. The van der Waals surface area contributed by atoms with Gasteiger partial charge in [-0.1, -0.05) is 55.3 Å². The summed E-state index contributed by atoms with van der Waals surface area (Å²) in [4.78, 5) is 20.0. The summed E-state index contributed by atoms with van der Waals surface area (Å²) in [5.74, 6) is 0.767. The summed E-state index contributed by atoms with van der Waals surface area (Å²) in [6.07, 6.45) is 2.03. The van der Waals surface area contributed by atoms with E-state index >= 15 is 0 Å². The van der Waals surface area contributed by atoms with E-state index in [2.05, 4.69) is 20.0 Å². The van der Waals surface area contributed by atoms with Crippen molar-refractivity contribution in [3.05, 3.63) is 78.2 Å². The summed E-state index contributed by atoms with van der Waals surface area (Å²) in [6.45, 7) is 2.00. The van der Waals surface area contributed by atoms with Gasteiger partial charge in [-0.25, -0.2) is 9.37 Å². The minimum absolute atomic E-state index is 0.159. The van der Waals surface area contributed by atoms with Crippen molar-refractivity contribution >= 4 is 40.4 Å². The number of aromatic nitrogens is 2. The molecule has 0 atom stereocenters. The maximum Gasteiger partial charge on any atom is 0.229 e. The lowest BCUT2D eigenvalue weighted by Gasteiger charge is -2.11. The molecule has 4 aromatic rings. The van der Waals surface area contributed by atoms with E-state index in [0.717, 1.165) is 22.3 Å². The van der Waals surface area contributed by atoms with E-state index in [4.69, 9.17) is 0 Å². The molecule has 1 amide bonds. The summed E-state index contributed by atoms with van der Waals surface area (Å²) in [5.41, 5.74) is 3.51. The molecule has 5 nitrogen and oxygen atoms in total. The second-order valence-corrected chi connectivity index (χ2v) is 7.81. The number of rotatable bonds is 7. The standard InChI is InChI=1S/C23H21FN4OS/c1-2-30-28-20-9-8-16(13-19(20)24)18-14-21(27-23-17(18)10-11-25-23)26-22(29)12-15-6-4-3-5-7-15/h3-11,13-14,28H,2,12H2,1H3,(H2,25,26,27,29). The number of carbonyl (C=O) groups excluding carboxylic acids is 1. The fourth-order valence-electron chi connectivity index (χ4n) is 3.22. The number of benzene rings is 2.